The number of piperidine rings is 1. The van der Waals surface area contributed by atoms with Crippen LogP contribution < -0.4 is 5.32 Å². The normalized spacial score (nSPS) is 18.6. The Labute approximate surface area is 150 Å². The van der Waals surface area contributed by atoms with Gasteiger partial charge < -0.3 is 10.4 Å². The number of rotatable bonds is 7. The molecule has 1 atom stereocenters. The summed E-state index contributed by atoms with van der Waals surface area (Å²) in [6.45, 7) is 8.40. The van der Waals surface area contributed by atoms with Gasteiger partial charge in [0.2, 0.25) is 0 Å². The predicted molar refractivity (Wildman–Crippen MR) is 101 cm³/mol. The number of aryl methyl sites for hydroxylation is 2. The first-order chi connectivity index (χ1) is 12.2. The summed E-state index contributed by atoms with van der Waals surface area (Å²) in [4.78, 5) is 2.41. The SMILES string of the molecule is Cc1ccc(-n2cc(CNCCN3CCCCC3CO)cn2)cc1C. The molecule has 1 aliphatic heterocycles. The summed E-state index contributed by atoms with van der Waals surface area (Å²) in [5, 5.41) is 17.5. The van der Waals surface area contributed by atoms with E-state index in [4.69, 9.17) is 0 Å². The van der Waals surface area contributed by atoms with Crippen LogP contribution >= 0.6 is 0 Å². The van der Waals surface area contributed by atoms with E-state index in [1.807, 2.05) is 10.9 Å². The molecule has 136 valence electrons. The Morgan fingerprint density at radius 2 is 2.12 bits per heavy atom. The highest BCUT2D eigenvalue weighted by Crippen LogP contribution is 2.16. The molecule has 0 bridgehead atoms. The van der Waals surface area contributed by atoms with Crippen molar-refractivity contribution in [2.75, 3.05) is 26.2 Å². The van der Waals surface area contributed by atoms with Crippen LogP contribution in [-0.2, 0) is 6.54 Å². The minimum Gasteiger partial charge on any atom is -0.395 e. The van der Waals surface area contributed by atoms with Gasteiger partial charge in [0.25, 0.3) is 0 Å². The van der Waals surface area contributed by atoms with Gasteiger partial charge in [-0.3, -0.25) is 4.90 Å². The first-order valence-corrected chi connectivity index (χ1v) is 9.34. The molecule has 5 nitrogen and oxygen atoms in total. The first-order valence-electron chi connectivity index (χ1n) is 9.34. The van der Waals surface area contributed by atoms with E-state index in [2.05, 4.69) is 53.6 Å². The van der Waals surface area contributed by atoms with Crippen molar-refractivity contribution in [2.24, 2.45) is 0 Å². The number of benzene rings is 1. The molecule has 2 heterocycles. The van der Waals surface area contributed by atoms with Crippen molar-refractivity contribution in [3.8, 4) is 5.69 Å². The van der Waals surface area contributed by atoms with Gasteiger partial charge in [0.05, 0.1) is 18.5 Å². The lowest BCUT2D eigenvalue weighted by atomic mass is 10.0. The molecule has 3 rings (SSSR count). The number of nitrogens with zero attached hydrogens (tertiary/aromatic N) is 3. The number of hydrogen-bond donors (Lipinski definition) is 2. The Morgan fingerprint density at radius 3 is 2.92 bits per heavy atom. The molecule has 1 fully saturated rings. The Balaban J connectivity index is 1.48. The van der Waals surface area contributed by atoms with Crippen LogP contribution in [0.2, 0.25) is 0 Å². The third kappa shape index (κ3) is 4.69. The number of aliphatic hydroxyl groups is 1. The Morgan fingerprint density at radius 1 is 1.24 bits per heavy atom. The average Bonchev–Trinajstić information content (AvgIpc) is 3.10. The van der Waals surface area contributed by atoms with Gasteiger partial charge in [0.1, 0.15) is 0 Å². The molecule has 0 saturated carbocycles. The Kier molecular flexibility index (Phi) is 6.24. The van der Waals surface area contributed by atoms with E-state index in [1.165, 1.54) is 29.5 Å². The van der Waals surface area contributed by atoms with Gasteiger partial charge in [-0.1, -0.05) is 12.5 Å². The number of likely N-dealkylation sites (tertiary alicyclic amines) is 1. The van der Waals surface area contributed by atoms with E-state index in [0.29, 0.717) is 6.04 Å². The maximum Gasteiger partial charge on any atom is 0.0648 e. The summed E-state index contributed by atoms with van der Waals surface area (Å²) in [5.74, 6) is 0. The molecular formula is C20H30N4O. The molecule has 5 heteroatoms. The van der Waals surface area contributed by atoms with Crippen molar-refractivity contribution in [1.29, 1.82) is 0 Å². The van der Waals surface area contributed by atoms with Gasteiger partial charge >= 0.3 is 0 Å². The molecule has 0 amide bonds. The number of aromatic nitrogens is 2. The molecule has 1 aromatic carbocycles. The van der Waals surface area contributed by atoms with Gasteiger partial charge in [-0.05, 0) is 56.5 Å². The lowest BCUT2D eigenvalue weighted by Gasteiger charge is -2.34. The largest absolute Gasteiger partial charge is 0.395 e. The lowest BCUT2D eigenvalue weighted by molar-refractivity contribution is 0.0910. The second-order valence-corrected chi connectivity index (χ2v) is 7.11. The maximum atomic E-state index is 9.47. The zero-order valence-corrected chi connectivity index (χ0v) is 15.4. The number of nitrogens with one attached hydrogen (secondary N) is 1. The molecule has 2 aromatic rings. The van der Waals surface area contributed by atoms with Crippen LogP contribution in [0.1, 0.15) is 36.0 Å². The molecular weight excluding hydrogens is 312 g/mol. The van der Waals surface area contributed by atoms with Gasteiger partial charge in [-0.25, -0.2) is 4.68 Å². The summed E-state index contributed by atoms with van der Waals surface area (Å²) in [6, 6.07) is 6.77. The Bertz CT molecular complexity index is 682. The van der Waals surface area contributed by atoms with E-state index in [-0.39, 0.29) is 6.61 Å². The lowest BCUT2D eigenvalue weighted by Crippen LogP contribution is -2.44. The maximum absolute atomic E-state index is 9.47. The fraction of sp³-hybridized carbons (Fsp3) is 0.550. The minimum atomic E-state index is 0.280. The van der Waals surface area contributed by atoms with Crippen LogP contribution in [0.15, 0.2) is 30.6 Å². The van der Waals surface area contributed by atoms with Gasteiger partial charge in [0.15, 0.2) is 0 Å². The zero-order valence-electron chi connectivity index (χ0n) is 15.4. The van der Waals surface area contributed by atoms with Crippen LogP contribution in [0.5, 0.6) is 0 Å². The molecule has 1 unspecified atom stereocenters. The van der Waals surface area contributed by atoms with E-state index in [0.717, 1.165) is 38.3 Å². The fourth-order valence-corrected chi connectivity index (χ4v) is 3.48. The molecule has 1 saturated heterocycles. The van der Waals surface area contributed by atoms with Crippen LogP contribution in [0, 0.1) is 13.8 Å². The van der Waals surface area contributed by atoms with Crippen LogP contribution in [0.3, 0.4) is 0 Å². The van der Waals surface area contributed by atoms with E-state index < -0.39 is 0 Å². The van der Waals surface area contributed by atoms with Crippen molar-refractivity contribution >= 4 is 0 Å². The second kappa shape index (κ2) is 8.61. The van der Waals surface area contributed by atoms with E-state index in [1.54, 1.807) is 0 Å². The zero-order chi connectivity index (χ0) is 17.6. The van der Waals surface area contributed by atoms with Crippen LogP contribution in [-0.4, -0.2) is 52.1 Å². The van der Waals surface area contributed by atoms with Crippen molar-refractivity contribution in [1.82, 2.24) is 20.0 Å². The summed E-state index contributed by atoms with van der Waals surface area (Å²) in [5.41, 5.74) is 4.88. The summed E-state index contributed by atoms with van der Waals surface area (Å²) < 4.78 is 1.94. The van der Waals surface area contributed by atoms with Gasteiger partial charge in [0, 0.05) is 37.4 Å². The van der Waals surface area contributed by atoms with Crippen molar-refractivity contribution in [2.45, 2.75) is 45.7 Å². The van der Waals surface area contributed by atoms with Gasteiger partial charge in [-0.15, -0.1) is 0 Å². The highest BCUT2D eigenvalue weighted by Gasteiger charge is 2.20. The van der Waals surface area contributed by atoms with E-state index >= 15 is 0 Å². The fourth-order valence-electron chi connectivity index (χ4n) is 3.48. The van der Waals surface area contributed by atoms with E-state index in [9.17, 15) is 5.11 Å². The molecule has 0 aliphatic carbocycles. The second-order valence-electron chi connectivity index (χ2n) is 7.11. The van der Waals surface area contributed by atoms with Crippen LogP contribution in [0.25, 0.3) is 5.69 Å². The predicted octanol–water partition coefficient (Wildman–Crippen LogP) is 2.43. The van der Waals surface area contributed by atoms with Crippen LogP contribution in [0.4, 0.5) is 0 Å². The summed E-state index contributed by atoms with van der Waals surface area (Å²) in [7, 11) is 0. The highest BCUT2D eigenvalue weighted by atomic mass is 16.3. The summed E-state index contributed by atoms with van der Waals surface area (Å²) in [6.07, 6.45) is 7.64. The first kappa shape index (κ1) is 18.1. The molecule has 2 N–H and O–H groups in total. The Hall–Kier alpha value is -1.69. The minimum absolute atomic E-state index is 0.280. The number of hydrogen-bond acceptors (Lipinski definition) is 4. The van der Waals surface area contributed by atoms with Crippen molar-refractivity contribution < 1.29 is 5.11 Å². The van der Waals surface area contributed by atoms with Crippen molar-refractivity contribution in [3.05, 3.63) is 47.3 Å². The molecule has 0 radical (unpaired) electrons. The quantitative estimate of drug-likeness (QED) is 0.759. The molecule has 1 aliphatic rings. The monoisotopic (exact) mass is 342 g/mol. The highest BCUT2D eigenvalue weighted by molar-refractivity contribution is 5.39. The third-order valence-electron chi connectivity index (χ3n) is 5.26. The number of aliphatic hydroxyl groups excluding tert-OH is 1. The van der Waals surface area contributed by atoms with Crippen molar-refractivity contribution in [3.63, 3.8) is 0 Å². The smallest absolute Gasteiger partial charge is 0.0648 e. The molecule has 1 aromatic heterocycles. The standard InChI is InChI=1S/C20H30N4O/c1-16-6-7-19(11-17(16)2)24-14-18(13-22-24)12-21-8-10-23-9-4-3-5-20(23)15-25/h6-7,11,13-14,20-21,25H,3-5,8-10,12,15H2,1-2H3. The molecule has 25 heavy (non-hydrogen) atoms. The summed E-state index contributed by atoms with van der Waals surface area (Å²) >= 11 is 0. The van der Waals surface area contributed by atoms with Gasteiger partial charge in [-0.2, -0.15) is 5.10 Å². The molecule has 0 spiro atoms. The third-order valence-corrected chi connectivity index (χ3v) is 5.26. The topological polar surface area (TPSA) is 53.3 Å². The average molecular weight is 342 g/mol.